The average Bonchev–Trinajstić information content (AvgIpc) is 3.37. The standard InChI is InChI=1S/C24H26N4OS/c1-3-28-23(14-21-13-18(2)25-15-21)26-27-24(28)30-17-20-9-11-22(12-10-20)29-16-19-7-5-4-6-8-19/h4-13,15,25H,3,14,16-17H2,1-2H3. The molecule has 4 aromatic rings. The van der Waals surface area contributed by atoms with Gasteiger partial charge in [-0.3, -0.25) is 0 Å². The number of aromatic nitrogens is 4. The Morgan fingerprint density at radius 1 is 0.967 bits per heavy atom. The number of nitrogens with zero attached hydrogens (tertiary/aromatic N) is 3. The van der Waals surface area contributed by atoms with Crippen LogP contribution in [-0.4, -0.2) is 19.7 Å². The molecule has 0 saturated carbocycles. The van der Waals surface area contributed by atoms with Crippen LogP contribution in [0, 0.1) is 6.92 Å². The van der Waals surface area contributed by atoms with Crippen LogP contribution >= 0.6 is 11.8 Å². The predicted molar refractivity (Wildman–Crippen MR) is 121 cm³/mol. The molecule has 0 saturated heterocycles. The molecule has 0 bridgehead atoms. The number of hydrogen-bond donors (Lipinski definition) is 1. The maximum absolute atomic E-state index is 5.87. The Labute approximate surface area is 181 Å². The van der Waals surface area contributed by atoms with Crippen molar-refractivity contribution in [2.24, 2.45) is 0 Å². The van der Waals surface area contributed by atoms with Crippen LogP contribution in [0.5, 0.6) is 5.75 Å². The highest BCUT2D eigenvalue weighted by Crippen LogP contribution is 2.24. The van der Waals surface area contributed by atoms with E-state index in [1.807, 2.05) is 36.5 Å². The second kappa shape index (κ2) is 9.67. The lowest BCUT2D eigenvalue weighted by atomic mass is 10.2. The Morgan fingerprint density at radius 2 is 1.77 bits per heavy atom. The molecule has 2 aromatic carbocycles. The number of ether oxygens (including phenoxy) is 1. The summed E-state index contributed by atoms with van der Waals surface area (Å²) in [6.45, 7) is 5.64. The summed E-state index contributed by atoms with van der Waals surface area (Å²) in [6.07, 6.45) is 2.83. The fourth-order valence-electron chi connectivity index (χ4n) is 3.30. The summed E-state index contributed by atoms with van der Waals surface area (Å²) in [6, 6.07) is 20.7. The van der Waals surface area contributed by atoms with Crippen molar-refractivity contribution >= 4 is 11.8 Å². The van der Waals surface area contributed by atoms with Gasteiger partial charge in [-0.2, -0.15) is 0 Å². The zero-order valence-electron chi connectivity index (χ0n) is 17.3. The maximum atomic E-state index is 5.87. The Bertz CT molecular complexity index is 1070. The second-order valence-corrected chi connectivity index (χ2v) is 8.16. The van der Waals surface area contributed by atoms with Crippen LogP contribution in [0.3, 0.4) is 0 Å². The summed E-state index contributed by atoms with van der Waals surface area (Å²) in [5, 5.41) is 9.82. The van der Waals surface area contributed by atoms with Crippen molar-refractivity contribution in [2.75, 3.05) is 0 Å². The highest BCUT2D eigenvalue weighted by atomic mass is 32.2. The zero-order chi connectivity index (χ0) is 20.8. The summed E-state index contributed by atoms with van der Waals surface area (Å²) in [5.74, 6) is 2.73. The Morgan fingerprint density at radius 3 is 2.47 bits per heavy atom. The normalized spacial score (nSPS) is 11.0. The van der Waals surface area contributed by atoms with Crippen molar-refractivity contribution < 1.29 is 4.74 Å². The Hall–Kier alpha value is -2.99. The van der Waals surface area contributed by atoms with Gasteiger partial charge >= 0.3 is 0 Å². The molecule has 0 unspecified atom stereocenters. The molecule has 0 radical (unpaired) electrons. The molecule has 154 valence electrons. The fraction of sp³-hybridized carbons (Fsp3) is 0.250. The number of rotatable bonds is 9. The molecule has 5 nitrogen and oxygen atoms in total. The molecule has 6 heteroatoms. The van der Waals surface area contributed by atoms with E-state index in [4.69, 9.17) is 4.74 Å². The van der Waals surface area contributed by atoms with Crippen LogP contribution in [0.1, 0.15) is 35.1 Å². The van der Waals surface area contributed by atoms with Gasteiger partial charge < -0.3 is 14.3 Å². The molecule has 1 N–H and O–H groups in total. The van der Waals surface area contributed by atoms with Gasteiger partial charge in [0.15, 0.2) is 5.16 Å². The first-order valence-corrected chi connectivity index (χ1v) is 11.1. The van der Waals surface area contributed by atoms with Crippen LogP contribution in [-0.2, 0) is 25.3 Å². The third kappa shape index (κ3) is 5.13. The topological polar surface area (TPSA) is 55.7 Å². The third-order valence-corrected chi connectivity index (χ3v) is 5.94. The van der Waals surface area contributed by atoms with Crippen molar-refractivity contribution in [3.63, 3.8) is 0 Å². The van der Waals surface area contributed by atoms with Crippen LogP contribution in [0.25, 0.3) is 0 Å². The van der Waals surface area contributed by atoms with Crippen molar-refractivity contribution in [3.05, 3.63) is 95.1 Å². The lowest BCUT2D eigenvalue weighted by Gasteiger charge is -2.08. The number of aromatic amines is 1. The van der Waals surface area contributed by atoms with Gasteiger partial charge in [-0.1, -0.05) is 54.2 Å². The summed E-state index contributed by atoms with van der Waals surface area (Å²) in [7, 11) is 0. The van der Waals surface area contributed by atoms with E-state index in [0.29, 0.717) is 6.61 Å². The van der Waals surface area contributed by atoms with Gasteiger partial charge in [0.25, 0.3) is 0 Å². The predicted octanol–water partition coefficient (Wildman–Crippen LogP) is 5.40. The Balaban J connectivity index is 1.34. The monoisotopic (exact) mass is 418 g/mol. The molecule has 0 spiro atoms. The molecule has 0 fully saturated rings. The lowest BCUT2D eigenvalue weighted by molar-refractivity contribution is 0.306. The molecular formula is C24H26N4OS. The van der Waals surface area contributed by atoms with E-state index in [1.54, 1.807) is 11.8 Å². The van der Waals surface area contributed by atoms with Crippen molar-refractivity contribution in [1.82, 2.24) is 19.7 Å². The van der Waals surface area contributed by atoms with E-state index in [9.17, 15) is 0 Å². The van der Waals surface area contributed by atoms with Gasteiger partial charge in [0.05, 0.1) is 0 Å². The van der Waals surface area contributed by atoms with E-state index in [-0.39, 0.29) is 0 Å². The quantitative estimate of drug-likeness (QED) is 0.370. The fourth-order valence-corrected chi connectivity index (χ4v) is 4.27. The maximum Gasteiger partial charge on any atom is 0.191 e. The van der Waals surface area contributed by atoms with Gasteiger partial charge in [0.1, 0.15) is 18.2 Å². The highest BCUT2D eigenvalue weighted by Gasteiger charge is 2.12. The van der Waals surface area contributed by atoms with Gasteiger partial charge in [-0.05, 0) is 48.7 Å². The molecule has 0 amide bonds. The first-order chi connectivity index (χ1) is 14.7. The first kappa shape index (κ1) is 20.3. The number of nitrogens with one attached hydrogen (secondary N) is 1. The van der Waals surface area contributed by atoms with Gasteiger partial charge in [0.2, 0.25) is 0 Å². The largest absolute Gasteiger partial charge is 0.489 e. The smallest absolute Gasteiger partial charge is 0.191 e. The number of H-pyrrole nitrogens is 1. The van der Waals surface area contributed by atoms with E-state index < -0.39 is 0 Å². The molecule has 0 aliphatic heterocycles. The van der Waals surface area contributed by atoms with E-state index >= 15 is 0 Å². The average molecular weight is 419 g/mol. The summed E-state index contributed by atoms with van der Waals surface area (Å²) in [4.78, 5) is 3.23. The summed E-state index contributed by atoms with van der Waals surface area (Å²) in [5.41, 5.74) is 4.80. The molecule has 2 heterocycles. The molecule has 30 heavy (non-hydrogen) atoms. The number of benzene rings is 2. The van der Waals surface area contributed by atoms with Gasteiger partial charge in [0, 0.05) is 30.6 Å². The van der Waals surface area contributed by atoms with Crippen LogP contribution in [0.2, 0.25) is 0 Å². The molecule has 4 rings (SSSR count). The molecule has 0 atom stereocenters. The van der Waals surface area contributed by atoms with Crippen LogP contribution < -0.4 is 4.74 Å². The Kier molecular flexibility index (Phi) is 6.54. The van der Waals surface area contributed by atoms with Crippen LogP contribution in [0.4, 0.5) is 0 Å². The number of hydrogen-bond acceptors (Lipinski definition) is 4. The first-order valence-electron chi connectivity index (χ1n) is 10.2. The molecule has 0 aliphatic rings. The van der Waals surface area contributed by atoms with Crippen molar-refractivity contribution in [2.45, 2.75) is 44.3 Å². The van der Waals surface area contributed by atoms with Gasteiger partial charge in [-0.25, -0.2) is 0 Å². The lowest BCUT2D eigenvalue weighted by Crippen LogP contribution is -2.03. The minimum atomic E-state index is 0.581. The van der Waals surface area contributed by atoms with Crippen molar-refractivity contribution in [1.29, 1.82) is 0 Å². The summed E-state index contributed by atoms with van der Waals surface area (Å²) >= 11 is 1.72. The number of aryl methyl sites for hydroxylation is 1. The van der Waals surface area contributed by atoms with E-state index in [2.05, 4.69) is 63.9 Å². The van der Waals surface area contributed by atoms with E-state index in [1.165, 1.54) is 22.4 Å². The third-order valence-electron chi connectivity index (χ3n) is 4.90. The molecular weight excluding hydrogens is 392 g/mol. The van der Waals surface area contributed by atoms with Gasteiger partial charge in [-0.15, -0.1) is 10.2 Å². The SMILES string of the molecule is CCn1c(Cc2c[nH]c(C)c2)nnc1SCc1ccc(OCc2ccccc2)cc1. The van der Waals surface area contributed by atoms with Crippen LogP contribution in [0.15, 0.2) is 72.0 Å². The molecule has 2 aromatic heterocycles. The molecule has 0 aliphatic carbocycles. The van der Waals surface area contributed by atoms with E-state index in [0.717, 1.165) is 35.4 Å². The summed E-state index contributed by atoms with van der Waals surface area (Å²) < 4.78 is 8.07. The zero-order valence-corrected chi connectivity index (χ0v) is 18.2. The minimum absolute atomic E-state index is 0.581. The minimum Gasteiger partial charge on any atom is -0.489 e. The van der Waals surface area contributed by atoms with Crippen molar-refractivity contribution in [3.8, 4) is 5.75 Å². The number of thioether (sulfide) groups is 1. The second-order valence-electron chi connectivity index (χ2n) is 7.22. The highest BCUT2D eigenvalue weighted by molar-refractivity contribution is 7.98.